The van der Waals surface area contributed by atoms with Gasteiger partial charge in [0.25, 0.3) is 0 Å². The lowest BCUT2D eigenvalue weighted by molar-refractivity contribution is 0.0736. The van der Waals surface area contributed by atoms with Gasteiger partial charge in [-0.25, -0.2) is 4.79 Å². The number of Topliss-reactive ketones (excluding diaryl/α,β-unsaturated/α-hetero) is 1. The summed E-state index contributed by atoms with van der Waals surface area (Å²) in [5, 5.41) is 20.3. The summed E-state index contributed by atoms with van der Waals surface area (Å²) in [6, 6.07) is 22.9. The Kier molecular flexibility index (Phi) is 5.18. The predicted molar refractivity (Wildman–Crippen MR) is 113 cm³/mol. The lowest BCUT2D eigenvalue weighted by Gasteiger charge is -2.11. The zero-order valence-corrected chi connectivity index (χ0v) is 15.9. The number of fused-ring (bicyclic) bond motifs is 1. The van der Waals surface area contributed by atoms with E-state index >= 15 is 0 Å². The average Bonchev–Trinajstić information content (AvgIpc) is 2.75. The molecule has 4 rings (SSSR count). The fourth-order valence-electron chi connectivity index (χ4n) is 3.27. The van der Waals surface area contributed by atoms with Gasteiger partial charge in [-0.05, 0) is 65.5 Å². The molecule has 30 heavy (non-hydrogen) atoms. The van der Waals surface area contributed by atoms with E-state index in [1.165, 1.54) is 36.4 Å². The molecule has 2 N–H and O–H groups in total. The third-order valence-corrected chi connectivity index (χ3v) is 4.82. The van der Waals surface area contributed by atoms with E-state index in [1.54, 1.807) is 24.3 Å². The largest absolute Gasteiger partial charge is 0.508 e. The normalized spacial score (nSPS) is 10.7. The average molecular weight is 398 g/mol. The summed E-state index contributed by atoms with van der Waals surface area (Å²) < 4.78 is 5.58. The molecule has 0 saturated heterocycles. The quantitative estimate of drug-likeness (QED) is 0.284. The molecule has 4 aromatic carbocycles. The van der Waals surface area contributed by atoms with Crippen molar-refractivity contribution in [1.29, 1.82) is 0 Å². The van der Waals surface area contributed by atoms with Crippen molar-refractivity contribution in [3.8, 4) is 17.2 Å². The number of hydrogen-bond acceptors (Lipinski definition) is 5. The first-order valence-electron chi connectivity index (χ1n) is 9.35. The maximum absolute atomic E-state index is 12.7. The highest BCUT2D eigenvalue weighted by molar-refractivity contribution is 6.02. The van der Waals surface area contributed by atoms with Crippen molar-refractivity contribution in [2.75, 3.05) is 0 Å². The van der Waals surface area contributed by atoms with Crippen LogP contribution in [0.15, 0.2) is 84.9 Å². The standard InChI is InChI=1S/C25H18O5/c26-19-11-7-16(8-12-19)23(28)15-18-3-1-5-22-21(18)4-2-6-24(22)30-25(29)17-9-13-20(27)14-10-17/h1-14,26-27H,15H2. The Hall–Kier alpha value is -4.12. The Bertz CT molecular complexity index is 1130. The lowest BCUT2D eigenvalue weighted by atomic mass is 9.97. The van der Waals surface area contributed by atoms with E-state index in [1.807, 2.05) is 24.3 Å². The number of benzene rings is 4. The first kappa shape index (κ1) is 19.2. The monoisotopic (exact) mass is 398 g/mol. The number of phenols is 2. The molecule has 5 nitrogen and oxygen atoms in total. The molecule has 0 radical (unpaired) electrons. The van der Waals surface area contributed by atoms with Gasteiger partial charge in [-0.3, -0.25) is 4.79 Å². The maximum atomic E-state index is 12.7. The highest BCUT2D eigenvalue weighted by atomic mass is 16.5. The molecule has 0 heterocycles. The number of phenolic OH excluding ortho intramolecular Hbond substituents is 2. The molecule has 0 atom stereocenters. The molecule has 0 spiro atoms. The van der Waals surface area contributed by atoms with Gasteiger partial charge in [-0.15, -0.1) is 0 Å². The molecule has 5 heteroatoms. The second-order valence-corrected chi connectivity index (χ2v) is 6.85. The topological polar surface area (TPSA) is 83.8 Å². The van der Waals surface area contributed by atoms with Crippen LogP contribution in [-0.2, 0) is 6.42 Å². The first-order chi connectivity index (χ1) is 14.5. The van der Waals surface area contributed by atoms with E-state index in [4.69, 9.17) is 4.74 Å². The summed E-state index contributed by atoms with van der Waals surface area (Å²) in [5.74, 6) is -0.0389. The van der Waals surface area contributed by atoms with Gasteiger partial charge in [-0.1, -0.05) is 30.3 Å². The van der Waals surface area contributed by atoms with Crippen molar-refractivity contribution in [1.82, 2.24) is 0 Å². The highest BCUT2D eigenvalue weighted by Gasteiger charge is 2.14. The smallest absolute Gasteiger partial charge is 0.343 e. The zero-order valence-electron chi connectivity index (χ0n) is 15.9. The van der Waals surface area contributed by atoms with Crippen LogP contribution in [0.1, 0.15) is 26.3 Å². The molecule has 0 aliphatic carbocycles. The van der Waals surface area contributed by atoms with Crippen LogP contribution in [0.2, 0.25) is 0 Å². The summed E-state index contributed by atoms with van der Waals surface area (Å²) in [6.07, 6.45) is 0.178. The lowest BCUT2D eigenvalue weighted by Crippen LogP contribution is -2.09. The van der Waals surface area contributed by atoms with Gasteiger partial charge >= 0.3 is 5.97 Å². The van der Waals surface area contributed by atoms with Gasteiger partial charge in [0.1, 0.15) is 17.2 Å². The minimum absolute atomic E-state index is 0.0691. The fraction of sp³-hybridized carbons (Fsp3) is 0.0400. The zero-order chi connectivity index (χ0) is 21.1. The van der Waals surface area contributed by atoms with Gasteiger partial charge in [0.2, 0.25) is 0 Å². The molecule has 0 unspecified atom stereocenters. The number of ether oxygens (including phenoxy) is 1. The van der Waals surface area contributed by atoms with Gasteiger partial charge < -0.3 is 14.9 Å². The van der Waals surface area contributed by atoms with E-state index < -0.39 is 5.97 Å². The molecule has 0 bridgehead atoms. The Balaban J connectivity index is 1.62. The van der Waals surface area contributed by atoms with Crippen LogP contribution in [0, 0.1) is 0 Å². The van der Waals surface area contributed by atoms with Crippen LogP contribution in [-0.4, -0.2) is 22.0 Å². The molecule has 0 aliphatic rings. The van der Waals surface area contributed by atoms with Crippen LogP contribution in [0.4, 0.5) is 0 Å². The fourth-order valence-corrected chi connectivity index (χ4v) is 3.27. The second-order valence-electron chi connectivity index (χ2n) is 6.85. The predicted octanol–water partition coefficient (Wildman–Crippen LogP) is 4.90. The summed E-state index contributed by atoms with van der Waals surface area (Å²) in [6.45, 7) is 0. The molecule has 4 aromatic rings. The molecule has 0 amide bonds. The number of esters is 1. The van der Waals surface area contributed by atoms with Crippen molar-refractivity contribution in [3.63, 3.8) is 0 Å². The number of hydrogen-bond donors (Lipinski definition) is 2. The van der Waals surface area contributed by atoms with E-state index in [0.717, 1.165) is 16.3 Å². The number of carbonyl (C=O) groups excluding carboxylic acids is 2. The summed E-state index contributed by atoms with van der Waals surface area (Å²) in [7, 11) is 0. The Labute approximate surface area is 172 Å². The van der Waals surface area contributed by atoms with Crippen molar-refractivity contribution < 1.29 is 24.5 Å². The minimum atomic E-state index is -0.534. The van der Waals surface area contributed by atoms with Crippen molar-refractivity contribution in [3.05, 3.63) is 102 Å². The van der Waals surface area contributed by atoms with Crippen LogP contribution in [0.5, 0.6) is 17.2 Å². The maximum Gasteiger partial charge on any atom is 0.343 e. The second kappa shape index (κ2) is 8.09. The summed E-state index contributed by atoms with van der Waals surface area (Å²) in [5.41, 5.74) is 1.65. The number of ketones is 1. The molecule has 0 fully saturated rings. The number of rotatable bonds is 5. The van der Waals surface area contributed by atoms with E-state index in [2.05, 4.69) is 0 Å². The number of aromatic hydroxyl groups is 2. The van der Waals surface area contributed by atoms with E-state index in [-0.39, 0.29) is 23.7 Å². The van der Waals surface area contributed by atoms with Gasteiger partial charge in [0.15, 0.2) is 5.78 Å². The van der Waals surface area contributed by atoms with Crippen molar-refractivity contribution in [2.45, 2.75) is 6.42 Å². The molecular formula is C25H18O5. The molecule has 0 aliphatic heterocycles. The molecule has 0 saturated carbocycles. The van der Waals surface area contributed by atoms with Crippen LogP contribution in [0.3, 0.4) is 0 Å². The summed E-state index contributed by atoms with van der Waals surface area (Å²) >= 11 is 0. The Morgan fingerprint density at radius 3 is 1.90 bits per heavy atom. The highest BCUT2D eigenvalue weighted by Crippen LogP contribution is 2.29. The molecule has 0 aromatic heterocycles. The third-order valence-electron chi connectivity index (χ3n) is 4.82. The third kappa shape index (κ3) is 4.00. The Morgan fingerprint density at radius 1 is 0.667 bits per heavy atom. The molecule has 148 valence electrons. The van der Waals surface area contributed by atoms with E-state index in [0.29, 0.717) is 16.9 Å². The number of carbonyl (C=O) groups is 2. The van der Waals surface area contributed by atoms with Gasteiger partial charge in [0.05, 0.1) is 5.56 Å². The van der Waals surface area contributed by atoms with Crippen LogP contribution < -0.4 is 4.74 Å². The summed E-state index contributed by atoms with van der Waals surface area (Å²) in [4.78, 5) is 25.1. The van der Waals surface area contributed by atoms with Crippen LogP contribution in [0.25, 0.3) is 10.8 Å². The molecular weight excluding hydrogens is 380 g/mol. The van der Waals surface area contributed by atoms with Gasteiger partial charge in [-0.2, -0.15) is 0 Å². The SMILES string of the molecule is O=C(Cc1cccc2c(OC(=O)c3ccc(O)cc3)cccc12)c1ccc(O)cc1. The van der Waals surface area contributed by atoms with Crippen LogP contribution >= 0.6 is 0 Å². The minimum Gasteiger partial charge on any atom is -0.508 e. The van der Waals surface area contributed by atoms with E-state index in [9.17, 15) is 19.8 Å². The van der Waals surface area contributed by atoms with Gasteiger partial charge in [0, 0.05) is 17.4 Å². The van der Waals surface area contributed by atoms with Crippen molar-refractivity contribution >= 4 is 22.5 Å². The first-order valence-corrected chi connectivity index (χ1v) is 9.35. The Morgan fingerprint density at radius 2 is 1.23 bits per heavy atom. The van der Waals surface area contributed by atoms with Crippen molar-refractivity contribution in [2.24, 2.45) is 0 Å².